The average molecular weight is 306 g/mol. The smallest absolute Gasteiger partial charge is 0.255 e. The molecule has 0 saturated carbocycles. The lowest BCUT2D eigenvalue weighted by Crippen LogP contribution is -2.34. The van der Waals surface area contributed by atoms with Crippen molar-refractivity contribution in [1.82, 2.24) is 10.2 Å². The molecule has 1 heterocycles. The average Bonchev–Trinajstić information content (AvgIpc) is 2.54. The van der Waals surface area contributed by atoms with Crippen LogP contribution < -0.4 is 14.8 Å². The quantitative estimate of drug-likeness (QED) is 0.875. The largest absolute Gasteiger partial charge is 0.497 e. The Bertz CT molecular complexity index is 505. The zero-order chi connectivity index (χ0) is 15.9. The maximum atomic E-state index is 12.3. The van der Waals surface area contributed by atoms with Crippen LogP contribution in [0, 0.1) is 5.92 Å². The van der Waals surface area contributed by atoms with Crippen LogP contribution in [0.15, 0.2) is 18.2 Å². The van der Waals surface area contributed by atoms with Gasteiger partial charge in [-0.2, -0.15) is 0 Å². The predicted octanol–water partition coefficient (Wildman–Crippen LogP) is 2.17. The summed E-state index contributed by atoms with van der Waals surface area (Å²) >= 11 is 0. The van der Waals surface area contributed by atoms with Crippen molar-refractivity contribution in [1.29, 1.82) is 0 Å². The van der Waals surface area contributed by atoms with Crippen LogP contribution in [0.3, 0.4) is 0 Å². The van der Waals surface area contributed by atoms with Gasteiger partial charge in [-0.25, -0.2) is 0 Å². The second-order valence-corrected chi connectivity index (χ2v) is 5.88. The first-order valence-electron chi connectivity index (χ1n) is 7.82. The SMILES string of the molecule is COc1ccc(OC)c(C(=O)NCCC2CCCN(C)C2)c1. The Hall–Kier alpha value is -1.75. The molecule has 0 spiro atoms. The first kappa shape index (κ1) is 16.6. The molecule has 1 unspecified atom stereocenters. The second kappa shape index (κ2) is 8.03. The molecule has 1 fully saturated rings. The van der Waals surface area contributed by atoms with E-state index in [1.807, 2.05) is 0 Å². The first-order chi connectivity index (χ1) is 10.6. The molecule has 2 rings (SSSR count). The van der Waals surface area contributed by atoms with Gasteiger partial charge in [-0.15, -0.1) is 0 Å². The van der Waals surface area contributed by atoms with Crippen molar-refractivity contribution >= 4 is 5.91 Å². The number of nitrogens with zero attached hydrogens (tertiary/aromatic N) is 1. The van der Waals surface area contributed by atoms with Crippen LogP contribution >= 0.6 is 0 Å². The molecule has 1 aromatic carbocycles. The number of carbonyl (C=O) groups excluding carboxylic acids is 1. The number of piperidine rings is 1. The van der Waals surface area contributed by atoms with Crippen LogP contribution in [0.1, 0.15) is 29.6 Å². The van der Waals surface area contributed by atoms with Crippen molar-refractivity contribution in [3.05, 3.63) is 23.8 Å². The van der Waals surface area contributed by atoms with E-state index in [9.17, 15) is 4.79 Å². The number of methoxy groups -OCH3 is 2. The zero-order valence-corrected chi connectivity index (χ0v) is 13.7. The molecular formula is C17H26N2O3. The molecule has 0 aliphatic carbocycles. The van der Waals surface area contributed by atoms with Gasteiger partial charge in [-0.05, 0) is 57.0 Å². The van der Waals surface area contributed by atoms with Crippen LogP contribution in [0.2, 0.25) is 0 Å². The van der Waals surface area contributed by atoms with Gasteiger partial charge in [0.05, 0.1) is 19.8 Å². The highest BCUT2D eigenvalue weighted by molar-refractivity contribution is 5.97. The second-order valence-electron chi connectivity index (χ2n) is 5.88. The summed E-state index contributed by atoms with van der Waals surface area (Å²) in [6, 6.07) is 5.25. The molecule has 1 atom stereocenters. The Balaban J connectivity index is 1.89. The number of carbonyl (C=O) groups is 1. The number of benzene rings is 1. The van der Waals surface area contributed by atoms with Crippen LogP contribution in [0.5, 0.6) is 11.5 Å². The molecule has 1 N–H and O–H groups in total. The van der Waals surface area contributed by atoms with E-state index >= 15 is 0 Å². The van der Waals surface area contributed by atoms with Crippen molar-refractivity contribution in [3.63, 3.8) is 0 Å². The Morgan fingerprint density at radius 1 is 1.36 bits per heavy atom. The minimum absolute atomic E-state index is 0.111. The van der Waals surface area contributed by atoms with E-state index in [2.05, 4.69) is 17.3 Å². The molecule has 1 amide bonds. The fourth-order valence-electron chi connectivity index (χ4n) is 2.99. The molecule has 22 heavy (non-hydrogen) atoms. The Kier molecular flexibility index (Phi) is 6.07. The maximum absolute atomic E-state index is 12.3. The Morgan fingerprint density at radius 2 is 2.18 bits per heavy atom. The standard InChI is InChI=1S/C17H26N2O3/c1-19-10-4-5-13(12-19)8-9-18-17(20)15-11-14(21-2)6-7-16(15)22-3/h6-7,11,13H,4-5,8-10,12H2,1-3H3,(H,18,20). The highest BCUT2D eigenvalue weighted by Gasteiger charge is 2.18. The zero-order valence-electron chi connectivity index (χ0n) is 13.7. The van der Waals surface area contributed by atoms with E-state index < -0.39 is 0 Å². The van der Waals surface area contributed by atoms with Gasteiger partial charge in [0.2, 0.25) is 0 Å². The number of ether oxygens (including phenoxy) is 2. The fraction of sp³-hybridized carbons (Fsp3) is 0.588. The Morgan fingerprint density at radius 3 is 2.86 bits per heavy atom. The molecule has 0 radical (unpaired) electrons. The van der Waals surface area contributed by atoms with E-state index in [0.29, 0.717) is 29.5 Å². The fourth-order valence-corrected chi connectivity index (χ4v) is 2.99. The normalized spacial score (nSPS) is 18.8. The van der Waals surface area contributed by atoms with Crippen molar-refractivity contribution in [3.8, 4) is 11.5 Å². The van der Waals surface area contributed by atoms with E-state index in [1.165, 1.54) is 19.4 Å². The predicted molar refractivity (Wildman–Crippen MR) is 86.7 cm³/mol. The number of likely N-dealkylation sites (tertiary alicyclic amines) is 1. The van der Waals surface area contributed by atoms with E-state index in [4.69, 9.17) is 9.47 Å². The minimum atomic E-state index is -0.111. The first-order valence-corrected chi connectivity index (χ1v) is 7.82. The van der Waals surface area contributed by atoms with E-state index in [1.54, 1.807) is 32.4 Å². The summed E-state index contributed by atoms with van der Waals surface area (Å²) in [5.74, 6) is 1.78. The lowest BCUT2D eigenvalue weighted by Gasteiger charge is -2.29. The summed E-state index contributed by atoms with van der Waals surface area (Å²) in [5, 5.41) is 2.99. The molecule has 0 bridgehead atoms. The van der Waals surface area contributed by atoms with Crippen LogP contribution in [-0.4, -0.2) is 51.7 Å². The third kappa shape index (κ3) is 4.37. The lowest BCUT2D eigenvalue weighted by molar-refractivity contribution is 0.0945. The van der Waals surface area contributed by atoms with Gasteiger partial charge >= 0.3 is 0 Å². The van der Waals surface area contributed by atoms with Gasteiger partial charge in [0, 0.05) is 13.1 Å². The van der Waals surface area contributed by atoms with Crippen molar-refractivity contribution in [2.75, 3.05) is 40.9 Å². The summed E-state index contributed by atoms with van der Waals surface area (Å²) in [6.45, 7) is 3.00. The monoisotopic (exact) mass is 306 g/mol. The van der Waals surface area contributed by atoms with Gasteiger partial charge < -0.3 is 19.7 Å². The van der Waals surface area contributed by atoms with Crippen molar-refractivity contribution < 1.29 is 14.3 Å². The van der Waals surface area contributed by atoms with E-state index in [0.717, 1.165) is 13.0 Å². The summed E-state index contributed by atoms with van der Waals surface area (Å²) in [5.41, 5.74) is 0.516. The molecule has 1 aliphatic rings. The molecule has 1 aliphatic heterocycles. The van der Waals surface area contributed by atoms with Gasteiger partial charge in [0.25, 0.3) is 5.91 Å². The lowest BCUT2D eigenvalue weighted by atomic mass is 9.95. The van der Waals surface area contributed by atoms with Crippen molar-refractivity contribution in [2.45, 2.75) is 19.3 Å². The molecular weight excluding hydrogens is 280 g/mol. The maximum Gasteiger partial charge on any atom is 0.255 e. The third-order valence-corrected chi connectivity index (χ3v) is 4.21. The summed E-state index contributed by atoms with van der Waals surface area (Å²) in [7, 11) is 5.31. The topological polar surface area (TPSA) is 50.8 Å². The molecule has 1 aromatic rings. The highest BCUT2D eigenvalue weighted by Crippen LogP contribution is 2.24. The number of nitrogens with one attached hydrogen (secondary N) is 1. The van der Waals surface area contributed by atoms with E-state index in [-0.39, 0.29) is 5.91 Å². The molecule has 1 saturated heterocycles. The molecule has 5 nitrogen and oxygen atoms in total. The van der Waals surface area contributed by atoms with Gasteiger partial charge in [0.1, 0.15) is 11.5 Å². The minimum Gasteiger partial charge on any atom is -0.497 e. The number of hydrogen-bond acceptors (Lipinski definition) is 4. The summed E-state index contributed by atoms with van der Waals surface area (Å²) in [4.78, 5) is 14.7. The van der Waals surface area contributed by atoms with Gasteiger partial charge in [0.15, 0.2) is 0 Å². The number of amides is 1. The molecule has 0 aromatic heterocycles. The van der Waals surface area contributed by atoms with Crippen LogP contribution in [0.25, 0.3) is 0 Å². The van der Waals surface area contributed by atoms with Crippen LogP contribution in [-0.2, 0) is 0 Å². The molecule has 122 valence electrons. The number of hydrogen-bond donors (Lipinski definition) is 1. The number of rotatable bonds is 6. The third-order valence-electron chi connectivity index (χ3n) is 4.21. The van der Waals surface area contributed by atoms with Gasteiger partial charge in [-0.1, -0.05) is 0 Å². The Labute approximate surface area is 132 Å². The summed E-state index contributed by atoms with van der Waals surface area (Å²) in [6.07, 6.45) is 3.52. The van der Waals surface area contributed by atoms with Gasteiger partial charge in [-0.3, -0.25) is 4.79 Å². The van der Waals surface area contributed by atoms with Crippen molar-refractivity contribution in [2.24, 2.45) is 5.92 Å². The highest BCUT2D eigenvalue weighted by atomic mass is 16.5. The molecule has 5 heteroatoms. The summed E-state index contributed by atoms with van der Waals surface area (Å²) < 4.78 is 10.4. The van der Waals surface area contributed by atoms with Crippen LogP contribution in [0.4, 0.5) is 0 Å².